The molecule has 60 valence electrons. The molecule has 0 radical (unpaired) electrons. The third-order valence-corrected chi connectivity index (χ3v) is 2.47. The molecule has 0 amide bonds. The number of fused-ring (bicyclic) bond motifs is 1. The summed E-state index contributed by atoms with van der Waals surface area (Å²) >= 11 is 0. The third-order valence-electron chi connectivity index (χ3n) is 2.47. The number of alkyl halides is 2. The van der Waals surface area contributed by atoms with Gasteiger partial charge in [-0.05, 0) is 12.8 Å². The molecule has 0 spiro atoms. The van der Waals surface area contributed by atoms with Crippen molar-refractivity contribution in [3.8, 4) is 6.07 Å². The molecule has 2 nitrogen and oxygen atoms in total. The summed E-state index contributed by atoms with van der Waals surface area (Å²) in [7, 11) is 0. The van der Waals surface area contributed by atoms with Crippen LogP contribution in [-0.4, -0.2) is 18.1 Å². The van der Waals surface area contributed by atoms with Crippen molar-refractivity contribution in [1.82, 2.24) is 0 Å². The fourth-order valence-corrected chi connectivity index (χ4v) is 1.73. The number of halogens is 2. The van der Waals surface area contributed by atoms with E-state index in [0.717, 1.165) is 0 Å². The number of nitrogens with zero attached hydrogens (tertiary/aromatic N) is 1. The molecule has 2 aliphatic rings. The van der Waals surface area contributed by atoms with Crippen LogP contribution in [0.5, 0.6) is 0 Å². The second-order valence-electron chi connectivity index (χ2n) is 3.01. The average molecular weight is 159 g/mol. The molecule has 2 atom stereocenters. The van der Waals surface area contributed by atoms with Crippen molar-refractivity contribution in [2.24, 2.45) is 5.92 Å². The minimum Gasteiger partial charge on any atom is -0.354 e. The minimum atomic E-state index is -2.89. The van der Waals surface area contributed by atoms with Gasteiger partial charge in [0, 0.05) is 6.61 Å². The van der Waals surface area contributed by atoms with Crippen LogP contribution in [0.25, 0.3) is 0 Å². The summed E-state index contributed by atoms with van der Waals surface area (Å²) in [5.41, 5.74) is -1.74. The Kier molecular flexibility index (Phi) is 1.10. The Bertz CT molecular complexity index is 235. The molecule has 0 N–H and O–H groups in total. The Balaban J connectivity index is 2.28. The van der Waals surface area contributed by atoms with Crippen LogP contribution in [0, 0.1) is 17.2 Å². The lowest BCUT2D eigenvalue weighted by Gasteiger charge is -2.12. The van der Waals surface area contributed by atoms with E-state index >= 15 is 0 Å². The van der Waals surface area contributed by atoms with Crippen molar-refractivity contribution in [3.63, 3.8) is 0 Å². The van der Waals surface area contributed by atoms with E-state index in [2.05, 4.69) is 0 Å². The van der Waals surface area contributed by atoms with Gasteiger partial charge in [0.25, 0.3) is 5.92 Å². The van der Waals surface area contributed by atoms with Crippen molar-refractivity contribution in [1.29, 1.82) is 5.26 Å². The molecule has 0 aromatic rings. The highest BCUT2D eigenvalue weighted by atomic mass is 19.3. The zero-order valence-electron chi connectivity index (χ0n) is 5.81. The maximum absolute atomic E-state index is 12.8. The second kappa shape index (κ2) is 1.72. The van der Waals surface area contributed by atoms with Crippen molar-refractivity contribution < 1.29 is 13.5 Å². The Labute approximate surface area is 62.8 Å². The third kappa shape index (κ3) is 0.579. The Hall–Kier alpha value is -0.690. The normalized spacial score (nSPS) is 45.7. The van der Waals surface area contributed by atoms with Crippen molar-refractivity contribution in [2.75, 3.05) is 6.61 Å². The van der Waals surface area contributed by atoms with E-state index in [1.807, 2.05) is 0 Å². The summed E-state index contributed by atoms with van der Waals surface area (Å²) in [6.45, 7) is 0.291. The molecule has 1 saturated heterocycles. The first-order valence-electron chi connectivity index (χ1n) is 3.58. The fraction of sp³-hybridized carbons (Fsp3) is 0.857. The summed E-state index contributed by atoms with van der Waals surface area (Å²) in [5.74, 6) is -3.73. The number of hydrogen-bond acceptors (Lipinski definition) is 2. The molecule has 0 unspecified atom stereocenters. The van der Waals surface area contributed by atoms with Gasteiger partial charge in [0.15, 0.2) is 0 Å². The standard InChI is InChI=1S/C7H7F2NO/c8-7(9)5-2-1-3-11-6(5,7)4-10/h5H,1-3H2/t5-,6+/m1/s1. The zero-order valence-corrected chi connectivity index (χ0v) is 5.81. The Morgan fingerprint density at radius 3 is 2.73 bits per heavy atom. The SMILES string of the molecule is N#C[C@]12OCCC[C@H]1C2(F)F. The topological polar surface area (TPSA) is 33.0 Å². The summed E-state index contributed by atoms with van der Waals surface area (Å²) in [6, 6.07) is 1.57. The molecule has 1 aliphatic carbocycles. The van der Waals surface area contributed by atoms with Crippen LogP contribution in [0.1, 0.15) is 12.8 Å². The highest BCUT2D eigenvalue weighted by Gasteiger charge is 2.84. The van der Waals surface area contributed by atoms with Crippen molar-refractivity contribution >= 4 is 0 Å². The van der Waals surface area contributed by atoms with Gasteiger partial charge in [-0.3, -0.25) is 0 Å². The van der Waals surface area contributed by atoms with E-state index in [9.17, 15) is 8.78 Å². The van der Waals surface area contributed by atoms with Crippen LogP contribution >= 0.6 is 0 Å². The molecule has 4 heteroatoms. The molecule has 2 fully saturated rings. The van der Waals surface area contributed by atoms with E-state index in [1.165, 1.54) is 0 Å². The first-order chi connectivity index (χ1) is 5.15. The molecular weight excluding hydrogens is 152 g/mol. The van der Waals surface area contributed by atoms with E-state index in [0.29, 0.717) is 19.4 Å². The largest absolute Gasteiger partial charge is 0.354 e. The van der Waals surface area contributed by atoms with Gasteiger partial charge >= 0.3 is 0 Å². The zero-order chi connectivity index (χ0) is 8.11. The average Bonchev–Trinajstić information content (AvgIpc) is 2.52. The lowest BCUT2D eigenvalue weighted by molar-refractivity contribution is -0.0262. The van der Waals surface area contributed by atoms with Crippen LogP contribution in [0.15, 0.2) is 0 Å². The first kappa shape index (κ1) is 6.99. The molecule has 11 heavy (non-hydrogen) atoms. The maximum Gasteiger partial charge on any atom is 0.296 e. The summed E-state index contributed by atoms with van der Waals surface area (Å²) < 4.78 is 30.4. The number of rotatable bonds is 0. The fourth-order valence-electron chi connectivity index (χ4n) is 1.73. The van der Waals surface area contributed by atoms with E-state index in [4.69, 9.17) is 10.00 Å². The lowest BCUT2D eigenvalue weighted by Crippen LogP contribution is -2.23. The summed E-state index contributed by atoms with van der Waals surface area (Å²) in [4.78, 5) is 0. The highest BCUT2D eigenvalue weighted by molar-refractivity contribution is 5.33. The quantitative estimate of drug-likeness (QED) is 0.534. The second-order valence-corrected chi connectivity index (χ2v) is 3.01. The molecule has 0 aromatic carbocycles. The first-order valence-corrected chi connectivity index (χ1v) is 3.58. The van der Waals surface area contributed by atoms with E-state index in [1.54, 1.807) is 6.07 Å². The van der Waals surface area contributed by atoms with Gasteiger partial charge in [0.1, 0.15) is 6.07 Å². The number of ether oxygens (including phenoxy) is 1. The van der Waals surface area contributed by atoms with Crippen LogP contribution < -0.4 is 0 Å². The van der Waals surface area contributed by atoms with Gasteiger partial charge in [-0.25, -0.2) is 8.78 Å². The molecule has 1 heterocycles. The van der Waals surface area contributed by atoms with Gasteiger partial charge in [0.05, 0.1) is 5.92 Å². The van der Waals surface area contributed by atoms with Gasteiger partial charge in [-0.2, -0.15) is 5.26 Å². The molecule has 0 aromatic heterocycles. The molecule has 0 bridgehead atoms. The predicted octanol–water partition coefficient (Wildman–Crippen LogP) is 1.32. The highest BCUT2D eigenvalue weighted by Crippen LogP contribution is 2.64. The Morgan fingerprint density at radius 1 is 1.55 bits per heavy atom. The molecule has 1 saturated carbocycles. The summed E-state index contributed by atoms with van der Waals surface area (Å²) in [6.07, 6.45) is 1.06. The molecule has 1 aliphatic heterocycles. The van der Waals surface area contributed by atoms with Crippen LogP contribution in [0.3, 0.4) is 0 Å². The molecular formula is C7H7F2NO. The molecule has 2 rings (SSSR count). The van der Waals surface area contributed by atoms with Crippen LogP contribution in [0.2, 0.25) is 0 Å². The van der Waals surface area contributed by atoms with Crippen molar-refractivity contribution in [2.45, 2.75) is 24.4 Å². The van der Waals surface area contributed by atoms with Gasteiger partial charge in [-0.1, -0.05) is 0 Å². The smallest absolute Gasteiger partial charge is 0.296 e. The maximum atomic E-state index is 12.8. The van der Waals surface area contributed by atoms with Gasteiger partial charge < -0.3 is 4.74 Å². The van der Waals surface area contributed by atoms with E-state index < -0.39 is 17.4 Å². The monoisotopic (exact) mass is 159 g/mol. The van der Waals surface area contributed by atoms with Gasteiger partial charge in [-0.15, -0.1) is 0 Å². The van der Waals surface area contributed by atoms with Gasteiger partial charge in [0.2, 0.25) is 5.60 Å². The predicted molar refractivity (Wildman–Crippen MR) is 32.0 cm³/mol. The van der Waals surface area contributed by atoms with Crippen LogP contribution in [-0.2, 0) is 4.74 Å². The Morgan fingerprint density at radius 2 is 2.27 bits per heavy atom. The number of hydrogen-bond donors (Lipinski definition) is 0. The van der Waals surface area contributed by atoms with Crippen LogP contribution in [0.4, 0.5) is 8.78 Å². The number of nitriles is 1. The minimum absolute atomic E-state index is 0.291. The van der Waals surface area contributed by atoms with Crippen molar-refractivity contribution in [3.05, 3.63) is 0 Å². The lowest BCUT2D eigenvalue weighted by atomic mass is 10.1. The summed E-state index contributed by atoms with van der Waals surface area (Å²) in [5, 5.41) is 8.47. The van der Waals surface area contributed by atoms with E-state index in [-0.39, 0.29) is 0 Å².